The number of hydrogen-bond acceptors (Lipinski definition) is 1. The highest BCUT2D eigenvalue weighted by atomic mass is 79.9. The van der Waals surface area contributed by atoms with E-state index in [0.29, 0.717) is 0 Å². The molecule has 1 unspecified atom stereocenters. The lowest BCUT2D eigenvalue weighted by molar-refractivity contribution is 0.601. The van der Waals surface area contributed by atoms with Gasteiger partial charge in [-0.15, -0.1) is 0 Å². The minimum absolute atomic E-state index is 0.0757. The van der Waals surface area contributed by atoms with Gasteiger partial charge in [-0.1, -0.05) is 54.7 Å². The monoisotopic (exact) mass is 477 g/mol. The zero-order valence-electron chi connectivity index (χ0n) is 11.7. The third kappa shape index (κ3) is 4.15. The van der Waals surface area contributed by atoms with Crippen LogP contribution in [0.5, 0.6) is 0 Å². The molecule has 1 atom stereocenters. The van der Waals surface area contributed by atoms with Gasteiger partial charge in [0.2, 0.25) is 0 Å². The Kier molecular flexibility index (Phi) is 6.00. The van der Waals surface area contributed by atoms with Gasteiger partial charge >= 0.3 is 0 Å². The van der Waals surface area contributed by atoms with Crippen molar-refractivity contribution in [3.8, 4) is 0 Å². The van der Waals surface area contributed by atoms with Gasteiger partial charge in [0.1, 0.15) is 5.82 Å². The first kappa shape index (κ1) is 17.1. The van der Waals surface area contributed by atoms with E-state index in [1.54, 1.807) is 6.07 Å². The summed E-state index contributed by atoms with van der Waals surface area (Å²) < 4.78 is 16.5. The summed E-state index contributed by atoms with van der Waals surface area (Å²) in [7, 11) is 0. The van der Waals surface area contributed by atoms with Crippen LogP contribution in [0.15, 0.2) is 43.7 Å². The van der Waals surface area contributed by atoms with Crippen LogP contribution in [0.4, 0.5) is 4.39 Å². The molecule has 112 valence electrons. The highest BCUT2D eigenvalue weighted by molar-refractivity contribution is 9.11. The van der Waals surface area contributed by atoms with Gasteiger partial charge in [0.25, 0.3) is 0 Å². The quantitative estimate of drug-likeness (QED) is 0.557. The average Bonchev–Trinajstić information content (AvgIpc) is 2.39. The maximum Gasteiger partial charge on any atom is 0.124 e. The predicted octanol–water partition coefficient (Wildman–Crippen LogP) is 6.12. The molecule has 0 heterocycles. The molecule has 5 heteroatoms. The van der Waals surface area contributed by atoms with E-state index in [0.717, 1.165) is 36.7 Å². The number of rotatable bonds is 4. The van der Waals surface area contributed by atoms with Crippen LogP contribution in [0.2, 0.25) is 0 Å². The second kappa shape index (κ2) is 7.36. The number of aryl methyl sites for hydroxylation is 1. The largest absolute Gasteiger partial charge is 0.306 e. The molecule has 2 rings (SSSR count). The van der Waals surface area contributed by atoms with Crippen molar-refractivity contribution in [1.82, 2.24) is 5.32 Å². The summed E-state index contributed by atoms with van der Waals surface area (Å²) in [6.45, 7) is 4.87. The molecule has 0 amide bonds. The molecule has 0 saturated carbocycles. The lowest BCUT2D eigenvalue weighted by Gasteiger charge is -2.21. The fourth-order valence-corrected chi connectivity index (χ4v) is 3.77. The third-order valence-electron chi connectivity index (χ3n) is 3.22. The molecular formula is C16H15Br3FN. The minimum atomic E-state index is -0.246. The normalized spacial score (nSPS) is 12.5. The van der Waals surface area contributed by atoms with Crippen LogP contribution in [0, 0.1) is 12.7 Å². The zero-order chi connectivity index (χ0) is 15.6. The Morgan fingerprint density at radius 1 is 1.05 bits per heavy atom. The van der Waals surface area contributed by atoms with Crippen molar-refractivity contribution in [2.45, 2.75) is 19.9 Å². The lowest BCUT2D eigenvalue weighted by Crippen LogP contribution is -2.22. The van der Waals surface area contributed by atoms with E-state index in [4.69, 9.17) is 0 Å². The van der Waals surface area contributed by atoms with E-state index in [1.165, 1.54) is 6.07 Å². The van der Waals surface area contributed by atoms with Gasteiger partial charge in [-0.2, -0.15) is 0 Å². The van der Waals surface area contributed by atoms with Crippen LogP contribution < -0.4 is 5.32 Å². The molecule has 0 radical (unpaired) electrons. The Morgan fingerprint density at radius 3 is 2.38 bits per heavy atom. The van der Waals surface area contributed by atoms with E-state index >= 15 is 0 Å². The molecule has 0 saturated heterocycles. The first-order valence-corrected chi connectivity index (χ1v) is 8.95. The Labute approximate surface area is 149 Å². The molecule has 21 heavy (non-hydrogen) atoms. The smallest absolute Gasteiger partial charge is 0.124 e. The molecular weight excluding hydrogens is 465 g/mol. The number of hydrogen-bond donors (Lipinski definition) is 1. The number of benzene rings is 2. The second-order valence-electron chi connectivity index (χ2n) is 4.82. The van der Waals surface area contributed by atoms with E-state index < -0.39 is 0 Å². The van der Waals surface area contributed by atoms with Crippen LogP contribution in [0.3, 0.4) is 0 Å². The van der Waals surface area contributed by atoms with Crippen LogP contribution in [-0.2, 0) is 0 Å². The molecule has 0 aliphatic heterocycles. The Hall–Kier alpha value is -0.230. The summed E-state index contributed by atoms with van der Waals surface area (Å²) in [6.07, 6.45) is 0. The molecule has 2 aromatic rings. The van der Waals surface area contributed by atoms with Crippen molar-refractivity contribution in [3.05, 3.63) is 66.3 Å². The molecule has 0 spiro atoms. The van der Waals surface area contributed by atoms with Crippen LogP contribution >= 0.6 is 47.8 Å². The fraction of sp³-hybridized carbons (Fsp3) is 0.250. The molecule has 0 fully saturated rings. The fourth-order valence-electron chi connectivity index (χ4n) is 2.24. The molecule has 0 aliphatic rings. The Balaban J connectivity index is 2.55. The van der Waals surface area contributed by atoms with Gasteiger partial charge in [0.15, 0.2) is 0 Å². The van der Waals surface area contributed by atoms with Crippen LogP contribution in [0.25, 0.3) is 0 Å². The van der Waals surface area contributed by atoms with Gasteiger partial charge in [-0.05, 0) is 60.5 Å². The Bertz CT molecular complexity index is 638. The van der Waals surface area contributed by atoms with Crippen molar-refractivity contribution in [1.29, 1.82) is 0 Å². The zero-order valence-corrected chi connectivity index (χ0v) is 16.4. The average molecular weight is 480 g/mol. The first-order chi connectivity index (χ1) is 9.92. The first-order valence-electron chi connectivity index (χ1n) is 6.57. The summed E-state index contributed by atoms with van der Waals surface area (Å²) in [5, 5.41) is 3.42. The second-order valence-corrected chi connectivity index (χ2v) is 7.44. The molecule has 2 aromatic carbocycles. The van der Waals surface area contributed by atoms with E-state index in [9.17, 15) is 4.39 Å². The molecule has 0 aliphatic carbocycles. The van der Waals surface area contributed by atoms with Gasteiger partial charge in [0.05, 0.1) is 6.04 Å². The van der Waals surface area contributed by atoms with Crippen molar-refractivity contribution in [2.24, 2.45) is 0 Å². The number of nitrogens with one attached hydrogen (secondary N) is 1. The highest BCUT2D eigenvalue weighted by Gasteiger charge is 2.18. The summed E-state index contributed by atoms with van der Waals surface area (Å²) in [5.41, 5.74) is 3.12. The predicted molar refractivity (Wildman–Crippen MR) is 96.2 cm³/mol. The van der Waals surface area contributed by atoms with E-state index in [1.807, 2.05) is 19.9 Å². The van der Waals surface area contributed by atoms with Crippen molar-refractivity contribution in [3.63, 3.8) is 0 Å². The lowest BCUT2D eigenvalue weighted by atomic mass is 9.97. The summed E-state index contributed by atoms with van der Waals surface area (Å²) >= 11 is 10.5. The summed E-state index contributed by atoms with van der Waals surface area (Å²) in [6, 6.07) is 9.04. The maximum absolute atomic E-state index is 13.7. The van der Waals surface area contributed by atoms with Gasteiger partial charge < -0.3 is 5.32 Å². The molecule has 0 bridgehead atoms. The third-order valence-corrected chi connectivity index (χ3v) is 5.21. The van der Waals surface area contributed by atoms with Gasteiger partial charge in [0, 0.05) is 13.4 Å². The van der Waals surface area contributed by atoms with Crippen molar-refractivity contribution in [2.75, 3.05) is 6.54 Å². The van der Waals surface area contributed by atoms with Crippen LogP contribution in [-0.4, -0.2) is 6.54 Å². The summed E-state index contributed by atoms with van der Waals surface area (Å²) in [4.78, 5) is 0. The maximum atomic E-state index is 13.7. The number of halogens is 4. The molecule has 1 N–H and O–H groups in total. The van der Waals surface area contributed by atoms with Gasteiger partial charge in [-0.25, -0.2) is 4.39 Å². The van der Waals surface area contributed by atoms with Crippen LogP contribution in [0.1, 0.15) is 29.7 Å². The highest BCUT2D eigenvalue weighted by Crippen LogP contribution is 2.34. The van der Waals surface area contributed by atoms with Gasteiger partial charge in [-0.3, -0.25) is 0 Å². The standard InChI is InChI=1S/C16H15Br3FN/c1-3-21-16(10-5-11(17)7-12(20)6-10)13-8-14(18)9(2)4-15(13)19/h4-8,16,21H,3H2,1-2H3. The topological polar surface area (TPSA) is 12.0 Å². The molecule has 0 aromatic heterocycles. The summed E-state index contributed by atoms with van der Waals surface area (Å²) in [5.74, 6) is -0.246. The van der Waals surface area contributed by atoms with E-state index in [-0.39, 0.29) is 11.9 Å². The SMILES string of the molecule is CCNC(c1cc(F)cc(Br)c1)c1cc(Br)c(C)cc1Br. The Morgan fingerprint density at radius 2 is 1.76 bits per heavy atom. The van der Waals surface area contributed by atoms with E-state index in [2.05, 4.69) is 65.2 Å². The van der Waals surface area contributed by atoms with Crippen molar-refractivity contribution >= 4 is 47.8 Å². The minimum Gasteiger partial charge on any atom is -0.306 e. The molecule has 1 nitrogen and oxygen atoms in total. The van der Waals surface area contributed by atoms with Crippen molar-refractivity contribution < 1.29 is 4.39 Å².